The van der Waals surface area contributed by atoms with Gasteiger partial charge in [0.1, 0.15) is 11.3 Å². The van der Waals surface area contributed by atoms with Gasteiger partial charge in [-0.2, -0.15) is 15.2 Å². The van der Waals surface area contributed by atoms with Crippen molar-refractivity contribution in [1.29, 1.82) is 5.26 Å². The van der Waals surface area contributed by atoms with Crippen LogP contribution in [0.2, 0.25) is 5.02 Å². The summed E-state index contributed by atoms with van der Waals surface area (Å²) < 4.78 is 21.3. The Kier molecular flexibility index (Phi) is 8.41. The summed E-state index contributed by atoms with van der Waals surface area (Å²) in [6.45, 7) is 4.61. The van der Waals surface area contributed by atoms with Crippen molar-refractivity contribution >= 4 is 39.1 Å². The third-order valence-electron chi connectivity index (χ3n) is 7.32. The molecule has 1 unspecified atom stereocenters. The molecule has 0 bridgehead atoms. The number of aromatic nitrogens is 2. The van der Waals surface area contributed by atoms with Gasteiger partial charge in [-0.15, -0.1) is 0 Å². The van der Waals surface area contributed by atoms with E-state index in [1.165, 1.54) is 33.0 Å². The molecule has 2 saturated heterocycles. The van der Waals surface area contributed by atoms with Crippen LogP contribution in [-0.2, 0) is 0 Å². The zero-order chi connectivity index (χ0) is 27.4. The Morgan fingerprint density at radius 1 is 1.08 bits per heavy atom. The van der Waals surface area contributed by atoms with E-state index in [0.29, 0.717) is 53.4 Å². The SMILES string of the molecule is CN1CCCC1.COc1nc(N2CCNC(CC#N)C2)c2ccc(-c3cccc4cccc(Cl)c34)c(F)c2n1. The van der Waals surface area contributed by atoms with Crippen LogP contribution in [0.1, 0.15) is 19.3 Å². The largest absolute Gasteiger partial charge is 0.467 e. The number of nitrogens with one attached hydrogen (secondary N) is 1. The third-order valence-corrected chi connectivity index (χ3v) is 7.63. The topological polar surface area (TPSA) is 77.3 Å². The Balaban J connectivity index is 0.000000455. The lowest BCUT2D eigenvalue weighted by Gasteiger charge is -2.34. The molecule has 39 heavy (non-hydrogen) atoms. The maximum absolute atomic E-state index is 16.0. The minimum absolute atomic E-state index is 0.0155. The smallest absolute Gasteiger partial charge is 0.318 e. The highest BCUT2D eigenvalue weighted by Crippen LogP contribution is 2.38. The van der Waals surface area contributed by atoms with Crippen LogP contribution in [0.25, 0.3) is 32.8 Å². The summed E-state index contributed by atoms with van der Waals surface area (Å²) in [6.07, 6.45) is 3.21. The van der Waals surface area contributed by atoms with Gasteiger partial charge >= 0.3 is 6.01 Å². The van der Waals surface area contributed by atoms with Crippen LogP contribution in [0.4, 0.5) is 10.2 Å². The number of methoxy groups -OCH3 is 1. The summed E-state index contributed by atoms with van der Waals surface area (Å²) in [5.74, 6) is 0.147. The molecule has 3 aromatic carbocycles. The van der Waals surface area contributed by atoms with Crippen molar-refractivity contribution < 1.29 is 9.13 Å². The van der Waals surface area contributed by atoms with Gasteiger partial charge < -0.3 is 19.9 Å². The van der Waals surface area contributed by atoms with Gasteiger partial charge in [-0.05, 0) is 56.1 Å². The number of rotatable bonds is 4. The molecule has 7 nitrogen and oxygen atoms in total. The molecule has 1 aromatic heterocycles. The zero-order valence-electron chi connectivity index (χ0n) is 22.3. The average molecular weight is 547 g/mol. The summed E-state index contributed by atoms with van der Waals surface area (Å²) in [4.78, 5) is 13.3. The number of hydrogen-bond donors (Lipinski definition) is 1. The molecule has 0 amide bonds. The highest BCUT2D eigenvalue weighted by Gasteiger charge is 2.25. The van der Waals surface area contributed by atoms with E-state index in [2.05, 4.69) is 38.2 Å². The molecule has 0 radical (unpaired) electrons. The van der Waals surface area contributed by atoms with E-state index in [-0.39, 0.29) is 17.6 Å². The summed E-state index contributed by atoms with van der Waals surface area (Å²) in [5, 5.41) is 15.3. The van der Waals surface area contributed by atoms with Crippen LogP contribution >= 0.6 is 11.6 Å². The summed E-state index contributed by atoms with van der Waals surface area (Å²) in [5.41, 5.74) is 1.30. The van der Waals surface area contributed by atoms with E-state index >= 15 is 4.39 Å². The fourth-order valence-electron chi connectivity index (χ4n) is 5.33. The molecule has 3 heterocycles. The number of ether oxygens (including phenoxy) is 1. The fraction of sp³-hybridized carbons (Fsp3) is 0.367. The van der Waals surface area contributed by atoms with Crippen LogP contribution in [0.15, 0.2) is 48.5 Å². The number of anilines is 1. The van der Waals surface area contributed by atoms with Gasteiger partial charge in [0.2, 0.25) is 0 Å². The van der Waals surface area contributed by atoms with Crippen molar-refractivity contribution in [3.8, 4) is 23.2 Å². The van der Waals surface area contributed by atoms with Gasteiger partial charge in [-0.3, -0.25) is 0 Å². The molecule has 1 N–H and O–H groups in total. The monoisotopic (exact) mass is 546 g/mol. The number of nitriles is 1. The molecule has 1 atom stereocenters. The molecule has 2 fully saturated rings. The van der Waals surface area contributed by atoms with Gasteiger partial charge in [0.15, 0.2) is 5.82 Å². The van der Waals surface area contributed by atoms with Crippen LogP contribution < -0.4 is 15.0 Å². The van der Waals surface area contributed by atoms with E-state index in [4.69, 9.17) is 21.6 Å². The number of nitrogens with zero attached hydrogens (tertiary/aromatic N) is 5. The van der Waals surface area contributed by atoms with E-state index < -0.39 is 5.82 Å². The van der Waals surface area contributed by atoms with Gasteiger partial charge in [0.05, 0.1) is 19.6 Å². The standard InChI is InChI=1S/C25H21ClFN5O.C5H11N/c1-33-25-30-23-19(24(31-25)32-13-12-29-16(14-32)10-11-28)9-8-18(22(23)27)17-6-2-4-15-5-3-7-20(26)21(15)17;1-6-4-2-3-5-6/h2-9,16,29H,10,12-14H2,1H3;2-5H2,1H3. The first-order valence-corrected chi connectivity index (χ1v) is 13.6. The van der Waals surface area contributed by atoms with E-state index in [9.17, 15) is 0 Å². The Morgan fingerprint density at radius 3 is 2.54 bits per heavy atom. The minimum atomic E-state index is -0.453. The number of halogens is 2. The molecule has 0 saturated carbocycles. The Labute approximate surface area is 233 Å². The predicted molar refractivity (Wildman–Crippen MR) is 155 cm³/mol. The molecule has 202 valence electrons. The van der Waals surface area contributed by atoms with Crippen molar-refractivity contribution in [3.63, 3.8) is 0 Å². The second kappa shape index (κ2) is 12.1. The maximum Gasteiger partial charge on any atom is 0.318 e. The van der Waals surface area contributed by atoms with Crippen molar-refractivity contribution in [3.05, 3.63) is 59.4 Å². The minimum Gasteiger partial charge on any atom is -0.467 e. The lowest BCUT2D eigenvalue weighted by atomic mass is 9.96. The zero-order valence-corrected chi connectivity index (χ0v) is 23.0. The number of benzene rings is 3. The quantitative estimate of drug-likeness (QED) is 0.354. The highest BCUT2D eigenvalue weighted by atomic mass is 35.5. The first-order chi connectivity index (χ1) is 19.0. The lowest BCUT2D eigenvalue weighted by molar-refractivity contribution is 0.380. The number of piperazine rings is 1. The number of likely N-dealkylation sites (tertiary alicyclic amines) is 1. The van der Waals surface area contributed by atoms with E-state index in [1.54, 1.807) is 12.1 Å². The predicted octanol–water partition coefficient (Wildman–Crippen LogP) is 5.65. The number of fused-ring (bicyclic) bond motifs is 2. The van der Waals surface area contributed by atoms with E-state index in [1.807, 2.05) is 36.4 Å². The van der Waals surface area contributed by atoms with Gasteiger partial charge in [0, 0.05) is 47.0 Å². The molecule has 2 aliphatic rings. The molecule has 0 aliphatic carbocycles. The van der Waals surface area contributed by atoms with Crippen molar-refractivity contribution in [1.82, 2.24) is 20.2 Å². The molecule has 0 spiro atoms. The van der Waals surface area contributed by atoms with Crippen molar-refractivity contribution in [2.45, 2.75) is 25.3 Å². The van der Waals surface area contributed by atoms with Crippen LogP contribution in [-0.4, -0.2) is 67.8 Å². The van der Waals surface area contributed by atoms with Crippen molar-refractivity contribution in [2.24, 2.45) is 0 Å². The fourth-order valence-corrected chi connectivity index (χ4v) is 5.61. The third kappa shape index (κ3) is 5.76. The van der Waals surface area contributed by atoms with Crippen LogP contribution in [0.5, 0.6) is 6.01 Å². The molecule has 2 aliphatic heterocycles. The number of hydrogen-bond acceptors (Lipinski definition) is 7. The average Bonchev–Trinajstić information content (AvgIpc) is 3.44. The van der Waals surface area contributed by atoms with E-state index in [0.717, 1.165) is 10.8 Å². The van der Waals surface area contributed by atoms with Crippen LogP contribution in [0, 0.1) is 17.1 Å². The first-order valence-electron chi connectivity index (χ1n) is 13.3. The molecular formula is C30H32ClFN6O. The summed E-state index contributed by atoms with van der Waals surface area (Å²) in [7, 11) is 3.64. The molecule has 4 aromatic rings. The Bertz CT molecular complexity index is 1510. The van der Waals surface area contributed by atoms with Gasteiger partial charge in [-0.25, -0.2) is 4.39 Å². The highest BCUT2D eigenvalue weighted by molar-refractivity contribution is 6.36. The molecule has 9 heteroatoms. The second-order valence-corrected chi connectivity index (χ2v) is 10.4. The first kappa shape index (κ1) is 27.1. The maximum atomic E-state index is 16.0. The summed E-state index contributed by atoms with van der Waals surface area (Å²) in [6, 6.07) is 17.3. The van der Waals surface area contributed by atoms with Gasteiger partial charge in [0.25, 0.3) is 0 Å². The Hall–Kier alpha value is -3.51. The second-order valence-electron chi connectivity index (χ2n) is 9.97. The molecule has 6 rings (SSSR count). The van der Waals surface area contributed by atoms with Crippen LogP contribution in [0.3, 0.4) is 0 Å². The Morgan fingerprint density at radius 2 is 1.85 bits per heavy atom. The summed E-state index contributed by atoms with van der Waals surface area (Å²) >= 11 is 6.49. The normalized spacial score (nSPS) is 17.6. The van der Waals surface area contributed by atoms with Crippen molar-refractivity contribution in [2.75, 3.05) is 51.8 Å². The van der Waals surface area contributed by atoms with Gasteiger partial charge in [-0.1, -0.05) is 48.0 Å². The molecular weight excluding hydrogens is 515 g/mol. The lowest BCUT2D eigenvalue weighted by Crippen LogP contribution is -2.50.